The average Bonchev–Trinajstić information content (AvgIpc) is 3.24. The van der Waals surface area contributed by atoms with Crippen LogP contribution in [-0.2, 0) is 19.6 Å². The van der Waals surface area contributed by atoms with Crippen molar-refractivity contribution in [1.82, 2.24) is 15.1 Å². The molecule has 5 rings (SSSR count). The monoisotopic (exact) mass is 470 g/mol. The van der Waals surface area contributed by atoms with E-state index in [1.807, 2.05) is 35.0 Å². The number of nitro benzene ring substituents is 1. The molecule has 0 aliphatic carbocycles. The number of ether oxygens (including phenoxy) is 1. The predicted molar refractivity (Wildman–Crippen MR) is 137 cm³/mol. The van der Waals surface area contributed by atoms with Crippen LogP contribution in [0.2, 0.25) is 0 Å². The van der Waals surface area contributed by atoms with Gasteiger partial charge in [-0.05, 0) is 48.6 Å². The Balaban J connectivity index is 1.23. The summed E-state index contributed by atoms with van der Waals surface area (Å²) in [6.45, 7) is 2.15. The molecular formula is C28H30N4O3. The number of aryl methyl sites for hydroxylation is 1. The smallest absolute Gasteiger partial charge is 0.270 e. The molecule has 0 radical (unpaired) electrons. The van der Waals surface area contributed by atoms with Gasteiger partial charge in [0.2, 0.25) is 5.88 Å². The minimum Gasteiger partial charge on any atom is -0.471 e. The third-order valence-corrected chi connectivity index (χ3v) is 6.71. The molecule has 4 aromatic rings. The number of benzene rings is 3. The van der Waals surface area contributed by atoms with Crippen LogP contribution in [0.1, 0.15) is 48.4 Å². The highest BCUT2D eigenvalue weighted by Gasteiger charge is 2.19. The molecule has 1 unspecified atom stereocenters. The van der Waals surface area contributed by atoms with Crippen molar-refractivity contribution in [2.24, 2.45) is 0 Å². The Kier molecular flexibility index (Phi) is 7.04. The number of aromatic nitrogens is 2. The van der Waals surface area contributed by atoms with Crippen LogP contribution in [0.25, 0.3) is 10.9 Å². The molecule has 1 aliphatic rings. The molecule has 0 fully saturated rings. The van der Waals surface area contributed by atoms with E-state index in [0.717, 1.165) is 56.3 Å². The first kappa shape index (κ1) is 23.1. The second-order valence-corrected chi connectivity index (χ2v) is 9.07. The SMILES string of the molecule is O=[N+]([O-])c1ccc2c(c1)c(OCc1ccccc1)nn2CCCCCC1NCCc2ccccc21. The van der Waals surface area contributed by atoms with Gasteiger partial charge >= 0.3 is 0 Å². The highest BCUT2D eigenvalue weighted by Crippen LogP contribution is 2.30. The largest absolute Gasteiger partial charge is 0.471 e. The summed E-state index contributed by atoms with van der Waals surface area (Å²) in [6.07, 6.45) is 5.43. The van der Waals surface area contributed by atoms with Crippen LogP contribution in [-0.4, -0.2) is 21.2 Å². The van der Waals surface area contributed by atoms with Crippen molar-refractivity contribution >= 4 is 16.6 Å². The van der Waals surface area contributed by atoms with Crippen LogP contribution in [0.4, 0.5) is 5.69 Å². The van der Waals surface area contributed by atoms with E-state index in [0.29, 0.717) is 23.9 Å². The molecule has 0 amide bonds. The van der Waals surface area contributed by atoms with Gasteiger partial charge in [0, 0.05) is 24.7 Å². The lowest BCUT2D eigenvalue weighted by Gasteiger charge is -2.27. The van der Waals surface area contributed by atoms with Crippen molar-refractivity contribution in [3.63, 3.8) is 0 Å². The standard InChI is InChI=1S/C28H30N4O3/c33-32(34)23-14-15-27-25(19-23)28(35-20-21-9-3-1-4-10-21)30-31(27)18-8-2-5-13-26-24-12-7-6-11-22(24)16-17-29-26/h1,3-4,6-7,9-12,14-15,19,26,29H,2,5,8,13,16-18,20H2. The molecule has 3 aromatic carbocycles. The molecule has 1 N–H and O–H groups in total. The van der Waals surface area contributed by atoms with E-state index >= 15 is 0 Å². The average molecular weight is 471 g/mol. The number of fused-ring (bicyclic) bond motifs is 2. The Bertz CT molecular complexity index is 1300. The van der Waals surface area contributed by atoms with Gasteiger partial charge in [-0.1, -0.05) is 67.4 Å². The first-order valence-corrected chi connectivity index (χ1v) is 12.3. The summed E-state index contributed by atoms with van der Waals surface area (Å²) in [5.41, 5.74) is 4.84. The Hall–Kier alpha value is -3.71. The Morgan fingerprint density at radius 2 is 1.86 bits per heavy atom. The Morgan fingerprint density at radius 1 is 1.03 bits per heavy atom. The first-order valence-electron chi connectivity index (χ1n) is 12.3. The van der Waals surface area contributed by atoms with E-state index in [9.17, 15) is 10.1 Å². The van der Waals surface area contributed by atoms with Gasteiger partial charge in [-0.25, -0.2) is 0 Å². The van der Waals surface area contributed by atoms with Crippen LogP contribution in [0.3, 0.4) is 0 Å². The summed E-state index contributed by atoms with van der Waals surface area (Å²) in [5.74, 6) is 0.440. The maximum absolute atomic E-state index is 11.3. The molecule has 1 atom stereocenters. The van der Waals surface area contributed by atoms with Gasteiger partial charge in [-0.2, -0.15) is 0 Å². The number of nitrogens with zero attached hydrogens (tertiary/aromatic N) is 3. The summed E-state index contributed by atoms with van der Waals surface area (Å²) < 4.78 is 7.92. The number of rotatable bonds is 10. The fraction of sp³-hybridized carbons (Fsp3) is 0.321. The highest BCUT2D eigenvalue weighted by molar-refractivity contribution is 5.86. The normalized spacial score (nSPS) is 15.1. The molecule has 0 spiro atoms. The lowest BCUT2D eigenvalue weighted by atomic mass is 9.91. The van der Waals surface area contributed by atoms with E-state index < -0.39 is 0 Å². The van der Waals surface area contributed by atoms with Gasteiger partial charge in [-0.15, -0.1) is 5.10 Å². The van der Waals surface area contributed by atoms with Crippen molar-refractivity contribution in [3.8, 4) is 5.88 Å². The summed E-state index contributed by atoms with van der Waals surface area (Å²) in [5, 5.41) is 20.4. The van der Waals surface area contributed by atoms with Crippen LogP contribution in [0.15, 0.2) is 72.8 Å². The van der Waals surface area contributed by atoms with E-state index in [2.05, 4.69) is 34.7 Å². The summed E-state index contributed by atoms with van der Waals surface area (Å²) in [6, 6.07) is 23.9. The fourth-order valence-corrected chi connectivity index (χ4v) is 4.89. The second kappa shape index (κ2) is 10.7. The maximum atomic E-state index is 11.3. The molecule has 7 nitrogen and oxygen atoms in total. The number of nitro groups is 1. The Labute approximate surface area is 204 Å². The Morgan fingerprint density at radius 3 is 2.71 bits per heavy atom. The third-order valence-electron chi connectivity index (χ3n) is 6.71. The highest BCUT2D eigenvalue weighted by atomic mass is 16.6. The van der Waals surface area contributed by atoms with Crippen LogP contribution in [0.5, 0.6) is 5.88 Å². The van der Waals surface area contributed by atoms with Gasteiger partial charge in [0.1, 0.15) is 6.61 Å². The van der Waals surface area contributed by atoms with Crippen molar-refractivity contribution in [2.45, 2.75) is 51.3 Å². The fourth-order valence-electron chi connectivity index (χ4n) is 4.89. The molecule has 0 saturated heterocycles. The number of hydrogen-bond donors (Lipinski definition) is 1. The lowest BCUT2D eigenvalue weighted by molar-refractivity contribution is -0.384. The molecule has 0 saturated carbocycles. The zero-order chi connectivity index (χ0) is 24.0. The van der Waals surface area contributed by atoms with Gasteiger partial charge in [-0.3, -0.25) is 14.8 Å². The van der Waals surface area contributed by atoms with Crippen molar-refractivity contribution in [1.29, 1.82) is 0 Å². The number of non-ortho nitro benzene ring substituents is 1. The van der Waals surface area contributed by atoms with Crippen molar-refractivity contribution in [2.75, 3.05) is 6.54 Å². The predicted octanol–water partition coefficient (Wildman–Crippen LogP) is 5.97. The molecule has 1 aromatic heterocycles. The topological polar surface area (TPSA) is 82.2 Å². The van der Waals surface area contributed by atoms with E-state index in [1.54, 1.807) is 12.1 Å². The summed E-state index contributed by atoms with van der Waals surface area (Å²) >= 11 is 0. The van der Waals surface area contributed by atoms with E-state index in [1.165, 1.54) is 17.2 Å². The summed E-state index contributed by atoms with van der Waals surface area (Å²) in [4.78, 5) is 10.9. The van der Waals surface area contributed by atoms with Crippen LogP contribution in [0, 0.1) is 10.1 Å². The van der Waals surface area contributed by atoms with E-state index in [4.69, 9.17) is 4.74 Å². The molecular weight excluding hydrogens is 440 g/mol. The molecule has 35 heavy (non-hydrogen) atoms. The molecule has 2 heterocycles. The molecule has 7 heteroatoms. The number of nitrogens with one attached hydrogen (secondary N) is 1. The van der Waals surface area contributed by atoms with Crippen LogP contribution >= 0.6 is 0 Å². The second-order valence-electron chi connectivity index (χ2n) is 9.07. The molecule has 1 aliphatic heterocycles. The zero-order valence-corrected chi connectivity index (χ0v) is 19.7. The maximum Gasteiger partial charge on any atom is 0.270 e. The molecule has 0 bridgehead atoms. The molecule has 180 valence electrons. The van der Waals surface area contributed by atoms with Crippen molar-refractivity contribution in [3.05, 3.63) is 99.6 Å². The van der Waals surface area contributed by atoms with Gasteiger partial charge in [0.05, 0.1) is 15.8 Å². The van der Waals surface area contributed by atoms with Crippen LogP contribution < -0.4 is 10.1 Å². The van der Waals surface area contributed by atoms with Gasteiger partial charge in [0.25, 0.3) is 5.69 Å². The lowest BCUT2D eigenvalue weighted by Crippen LogP contribution is -2.29. The van der Waals surface area contributed by atoms with E-state index in [-0.39, 0.29) is 10.6 Å². The summed E-state index contributed by atoms with van der Waals surface area (Å²) in [7, 11) is 0. The zero-order valence-electron chi connectivity index (χ0n) is 19.7. The van der Waals surface area contributed by atoms with Gasteiger partial charge < -0.3 is 10.1 Å². The minimum atomic E-state index is -0.380. The first-order chi connectivity index (χ1) is 17.2. The quantitative estimate of drug-likeness (QED) is 0.175. The third kappa shape index (κ3) is 5.35. The number of hydrogen-bond acceptors (Lipinski definition) is 5. The number of unbranched alkanes of at least 4 members (excludes halogenated alkanes) is 2. The van der Waals surface area contributed by atoms with Crippen molar-refractivity contribution < 1.29 is 9.66 Å². The minimum absolute atomic E-state index is 0.0434. The van der Waals surface area contributed by atoms with Gasteiger partial charge in [0.15, 0.2) is 0 Å².